The molecule has 1 aromatic carbocycles. The van der Waals surface area contributed by atoms with Crippen molar-refractivity contribution in [3.63, 3.8) is 0 Å². The fourth-order valence-electron chi connectivity index (χ4n) is 5.37. The first-order valence-electron chi connectivity index (χ1n) is 13.4. The van der Waals surface area contributed by atoms with E-state index in [1.807, 2.05) is 49.5 Å². The number of hydrogen-bond acceptors (Lipinski definition) is 8. The molecule has 0 spiro atoms. The van der Waals surface area contributed by atoms with Gasteiger partial charge in [0.05, 0.1) is 31.0 Å². The lowest BCUT2D eigenvalue weighted by atomic mass is 9.86. The predicted molar refractivity (Wildman–Crippen MR) is 145 cm³/mol. The molecule has 0 radical (unpaired) electrons. The summed E-state index contributed by atoms with van der Waals surface area (Å²) in [5.74, 6) is 2.53. The highest BCUT2D eigenvalue weighted by atomic mass is 16.6. The van der Waals surface area contributed by atoms with Crippen molar-refractivity contribution in [1.82, 2.24) is 24.6 Å². The summed E-state index contributed by atoms with van der Waals surface area (Å²) in [5.41, 5.74) is 3.03. The molecule has 4 heterocycles. The summed E-state index contributed by atoms with van der Waals surface area (Å²) in [4.78, 5) is 25.8. The number of piperidine rings is 1. The lowest BCUT2D eigenvalue weighted by Gasteiger charge is -2.34. The van der Waals surface area contributed by atoms with Crippen LogP contribution in [0.15, 0.2) is 24.4 Å². The van der Waals surface area contributed by atoms with Crippen LogP contribution in [0.1, 0.15) is 56.5 Å². The monoisotopic (exact) mass is 522 g/mol. The summed E-state index contributed by atoms with van der Waals surface area (Å²) in [5, 5.41) is 15.3. The Morgan fingerprint density at radius 3 is 2.55 bits per heavy atom. The quantitative estimate of drug-likeness (QED) is 0.552. The zero-order chi connectivity index (χ0) is 27.0. The van der Waals surface area contributed by atoms with Crippen LogP contribution in [-0.4, -0.2) is 86.9 Å². The molecule has 2 aliphatic rings. The van der Waals surface area contributed by atoms with Crippen LogP contribution in [0.5, 0.6) is 0 Å². The molecule has 5 rings (SSSR count). The molecule has 2 aromatic heterocycles. The molecule has 1 atom stereocenters. The number of carbonyl (C=O) groups is 1. The second kappa shape index (κ2) is 10.5. The van der Waals surface area contributed by atoms with Gasteiger partial charge in [0, 0.05) is 37.6 Å². The minimum Gasteiger partial charge on any atom is -0.444 e. The molecule has 204 valence electrons. The Kier molecular flexibility index (Phi) is 7.28. The molecule has 2 fully saturated rings. The Bertz CT molecular complexity index is 1310. The van der Waals surface area contributed by atoms with Gasteiger partial charge in [-0.3, -0.25) is 0 Å². The number of aryl methyl sites for hydroxylation is 2. The van der Waals surface area contributed by atoms with Crippen LogP contribution < -0.4 is 4.90 Å². The van der Waals surface area contributed by atoms with E-state index in [0.717, 1.165) is 29.6 Å². The Morgan fingerprint density at radius 1 is 1.11 bits per heavy atom. The SMILES string of the molecule is Cc1nc(N2CCO[C@H](CO)C2)cc(-n2ncc3cc(C)c(C4CCN(C(=O)OC(C)(C)C)CC4)cc32)n1. The first kappa shape index (κ1) is 26.4. The number of carbonyl (C=O) groups excluding carboxylic acids is 1. The molecule has 0 saturated carbocycles. The highest BCUT2D eigenvalue weighted by Crippen LogP contribution is 2.34. The Labute approximate surface area is 223 Å². The van der Waals surface area contributed by atoms with Crippen molar-refractivity contribution in [2.45, 2.75) is 65.1 Å². The van der Waals surface area contributed by atoms with E-state index in [1.54, 1.807) is 0 Å². The maximum absolute atomic E-state index is 12.5. The molecule has 38 heavy (non-hydrogen) atoms. The van der Waals surface area contributed by atoms with Crippen molar-refractivity contribution in [3.05, 3.63) is 41.3 Å². The molecule has 0 unspecified atom stereocenters. The predicted octanol–water partition coefficient (Wildman–Crippen LogP) is 3.74. The molecule has 2 aliphatic heterocycles. The first-order chi connectivity index (χ1) is 18.1. The van der Waals surface area contributed by atoms with Crippen LogP contribution in [-0.2, 0) is 9.47 Å². The Hall–Kier alpha value is -3.24. The molecule has 2 saturated heterocycles. The van der Waals surface area contributed by atoms with Gasteiger partial charge in [0.25, 0.3) is 0 Å². The molecule has 3 aromatic rings. The van der Waals surface area contributed by atoms with E-state index in [0.29, 0.717) is 50.3 Å². The van der Waals surface area contributed by atoms with Gasteiger partial charge in [0.15, 0.2) is 5.82 Å². The fraction of sp³-hybridized carbons (Fsp3) is 0.571. The number of hydrogen-bond donors (Lipinski definition) is 1. The minimum atomic E-state index is -0.491. The number of amides is 1. The number of nitrogens with zero attached hydrogens (tertiary/aromatic N) is 6. The lowest BCUT2D eigenvalue weighted by Crippen LogP contribution is -2.44. The van der Waals surface area contributed by atoms with Gasteiger partial charge in [-0.05, 0) is 76.6 Å². The number of aromatic nitrogens is 4. The fourth-order valence-corrected chi connectivity index (χ4v) is 5.37. The van der Waals surface area contributed by atoms with Gasteiger partial charge in [-0.15, -0.1) is 0 Å². The summed E-state index contributed by atoms with van der Waals surface area (Å²) < 4.78 is 13.1. The molecular weight excluding hydrogens is 484 g/mol. The number of fused-ring (bicyclic) bond motifs is 1. The average molecular weight is 523 g/mol. The second-order valence-electron chi connectivity index (χ2n) is 11.3. The number of ether oxygens (including phenoxy) is 2. The summed E-state index contributed by atoms with van der Waals surface area (Å²) in [6.45, 7) is 12.9. The number of likely N-dealkylation sites (tertiary alicyclic amines) is 1. The zero-order valence-electron chi connectivity index (χ0n) is 23.0. The van der Waals surface area contributed by atoms with Crippen LogP contribution >= 0.6 is 0 Å². The van der Waals surface area contributed by atoms with Gasteiger partial charge in [0.1, 0.15) is 17.2 Å². The van der Waals surface area contributed by atoms with Crippen LogP contribution in [0, 0.1) is 13.8 Å². The molecule has 10 nitrogen and oxygen atoms in total. The van der Waals surface area contributed by atoms with Crippen molar-refractivity contribution in [2.75, 3.05) is 44.3 Å². The van der Waals surface area contributed by atoms with E-state index in [4.69, 9.17) is 19.6 Å². The lowest BCUT2D eigenvalue weighted by molar-refractivity contribution is 0.00335. The summed E-state index contributed by atoms with van der Waals surface area (Å²) >= 11 is 0. The van der Waals surface area contributed by atoms with E-state index in [2.05, 4.69) is 28.9 Å². The van der Waals surface area contributed by atoms with Crippen LogP contribution in [0.3, 0.4) is 0 Å². The van der Waals surface area contributed by atoms with Crippen LogP contribution in [0.25, 0.3) is 16.7 Å². The smallest absolute Gasteiger partial charge is 0.410 e. The van der Waals surface area contributed by atoms with Gasteiger partial charge in [-0.2, -0.15) is 5.10 Å². The second-order valence-corrected chi connectivity index (χ2v) is 11.3. The largest absolute Gasteiger partial charge is 0.444 e. The van der Waals surface area contributed by atoms with Gasteiger partial charge in [-0.1, -0.05) is 0 Å². The Balaban J connectivity index is 1.40. The third-order valence-electron chi connectivity index (χ3n) is 7.24. The summed E-state index contributed by atoms with van der Waals surface area (Å²) in [6.07, 6.45) is 3.20. The highest BCUT2D eigenvalue weighted by Gasteiger charge is 2.29. The van der Waals surface area contributed by atoms with E-state index < -0.39 is 5.60 Å². The number of morpholine rings is 1. The normalized spacial score (nSPS) is 19.3. The van der Waals surface area contributed by atoms with Crippen molar-refractivity contribution in [1.29, 1.82) is 0 Å². The van der Waals surface area contributed by atoms with Crippen molar-refractivity contribution in [3.8, 4) is 5.82 Å². The van der Waals surface area contributed by atoms with Crippen LogP contribution in [0.2, 0.25) is 0 Å². The summed E-state index contributed by atoms with van der Waals surface area (Å²) in [7, 11) is 0. The number of aliphatic hydroxyl groups excluding tert-OH is 1. The number of benzene rings is 1. The zero-order valence-corrected chi connectivity index (χ0v) is 23.0. The van der Waals surface area contributed by atoms with E-state index >= 15 is 0 Å². The van der Waals surface area contributed by atoms with Crippen LogP contribution in [0.4, 0.5) is 10.6 Å². The Morgan fingerprint density at radius 2 is 1.84 bits per heavy atom. The first-order valence-corrected chi connectivity index (χ1v) is 13.4. The molecule has 1 amide bonds. The topological polar surface area (TPSA) is 106 Å². The number of aliphatic hydroxyl groups is 1. The van der Waals surface area contributed by atoms with E-state index in [9.17, 15) is 9.90 Å². The maximum Gasteiger partial charge on any atom is 0.410 e. The van der Waals surface area contributed by atoms with Crippen molar-refractivity contribution < 1.29 is 19.4 Å². The van der Waals surface area contributed by atoms with Gasteiger partial charge < -0.3 is 24.4 Å². The van der Waals surface area contributed by atoms with Gasteiger partial charge in [-0.25, -0.2) is 19.4 Å². The molecule has 0 bridgehead atoms. The van der Waals surface area contributed by atoms with Gasteiger partial charge in [0.2, 0.25) is 0 Å². The van der Waals surface area contributed by atoms with E-state index in [-0.39, 0.29) is 18.8 Å². The molecule has 0 aliphatic carbocycles. The standard InChI is InChI=1S/C28H38N6O4/c1-18-12-21-15-29-34(26-14-25(30-19(2)31-26)33-10-11-37-22(16-33)17-35)24(21)13-23(18)20-6-8-32(9-7-20)27(36)38-28(3,4)5/h12-15,20,22,35H,6-11,16-17H2,1-5H3/t22-/m0/s1. The third kappa shape index (κ3) is 5.61. The average Bonchev–Trinajstić information content (AvgIpc) is 3.29. The number of anilines is 1. The third-order valence-corrected chi connectivity index (χ3v) is 7.24. The molecular formula is C28H38N6O4. The van der Waals surface area contributed by atoms with Crippen molar-refractivity contribution >= 4 is 22.8 Å². The van der Waals surface area contributed by atoms with Crippen molar-refractivity contribution in [2.24, 2.45) is 0 Å². The molecule has 1 N–H and O–H groups in total. The minimum absolute atomic E-state index is 0.0178. The summed E-state index contributed by atoms with van der Waals surface area (Å²) in [6, 6.07) is 6.38. The highest BCUT2D eigenvalue weighted by molar-refractivity contribution is 5.82. The van der Waals surface area contributed by atoms with E-state index in [1.165, 1.54) is 11.1 Å². The molecule has 10 heteroatoms. The van der Waals surface area contributed by atoms with Gasteiger partial charge >= 0.3 is 6.09 Å². The maximum atomic E-state index is 12.5. The number of rotatable bonds is 4.